The van der Waals surface area contributed by atoms with E-state index in [2.05, 4.69) is 30.5 Å². The van der Waals surface area contributed by atoms with E-state index in [1.54, 1.807) is 11.3 Å². The quantitative estimate of drug-likeness (QED) is 0.782. The summed E-state index contributed by atoms with van der Waals surface area (Å²) >= 11 is 1.62. The number of carbonyl (C=O) groups is 1. The van der Waals surface area contributed by atoms with Crippen LogP contribution in [0.25, 0.3) is 0 Å². The van der Waals surface area contributed by atoms with Gasteiger partial charge < -0.3 is 15.5 Å². The minimum atomic E-state index is 0.0351. The lowest BCUT2D eigenvalue weighted by Crippen LogP contribution is -2.50. The van der Waals surface area contributed by atoms with Crippen molar-refractivity contribution in [3.8, 4) is 0 Å². The zero-order valence-electron chi connectivity index (χ0n) is 17.3. The van der Waals surface area contributed by atoms with E-state index in [4.69, 9.17) is 0 Å². The second-order valence-electron chi connectivity index (χ2n) is 8.17. The fourth-order valence-electron chi connectivity index (χ4n) is 4.26. The molecule has 7 nitrogen and oxygen atoms in total. The highest BCUT2D eigenvalue weighted by Gasteiger charge is 2.29. The number of rotatable bonds is 5. The second-order valence-corrected chi connectivity index (χ2v) is 9.40. The van der Waals surface area contributed by atoms with Gasteiger partial charge in [0.25, 0.3) is 0 Å². The summed E-state index contributed by atoms with van der Waals surface area (Å²) in [5, 5.41) is 7.54. The van der Waals surface area contributed by atoms with Crippen molar-refractivity contribution in [2.45, 2.75) is 58.4 Å². The summed E-state index contributed by atoms with van der Waals surface area (Å²) in [5.41, 5.74) is 1.06. The number of carbonyl (C=O) groups excluding carboxylic acids is 1. The zero-order chi connectivity index (χ0) is 20.2. The van der Waals surface area contributed by atoms with Crippen LogP contribution in [-0.4, -0.2) is 51.4 Å². The van der Waals surface area contributed by atoms with Gasteiger partial charge in [-0.1, -0.05) is 6.42 Å². The molecule has 2 aromatic heterocycles. The Balaban J connectivity index is 1.32. The van der Waals surface area contributed by atoms with Crippen molar-refractivity contribution < 1.29 is 4.79 Å². The minimum Gasteiger partial charge on any atom is -0.341 e. The zero-order valence-corrected chi connectivity index (χ0v) is 18.1. The Hall–Kier alpha value is -2.06. The van der Waals surface area contributed by atoms with Crippen molar-refractivity contribution in [2.75, 3.05) is 25.0 Å². The molecule has 2 fully saturated rings. The van der Waals surface area contributed by atoms with E-state index in [0.717, 1.165) is 74.2 Å². The number of aryl methyl sites for hydroxylation is 2. The molecule has 4 heterocycles. The minimum absolute atomic E-state index is 0.0351. The van der Waals surface area contributed by atoms with Gasteiger partial charge in [-0.3, -0.25) is 4.79 Å². The molecular formula is C21H30N6OS. The van der Waals surface area contributed by atoms with Gasteiger partial charge in [-0.05, 0) is 58.4 Å². The highest BCUT2D eigenvalue weighted by Crippen LogP contribution is 2.25. The van der Waals surface area contributed by atoms with Gasteiger partial charge in [0.2, 0.25) is 5.91 Å². The molecule has 0 aromatic carbocycles. The molecule has 0 radical (unpaired) electrons. The highest BCUT2D eigenvalue weighted by atomic mass is 32.1. The van der Waals surface area contributed by atoms with Gasteiger partial charge in [0.15, 0.2) is 5.13 Å². The number of piperidine rings is 2. The third-order valence-electron chi connectivity index (χ3n) is 5.78. The van der Waals surface area contributed by atoms with Crippen LogP contribution in [0, 0.1) is 19.8 Å². The third-order valence-corrected chi connectivity index (χ3v) is 6.61. The Morgan fingerprint density at radius 3 is 2.76 bits per heavy atom. The average Bonchev–Trinajstić information content (AvgIpc) is 3.13. The number of anilines is 2. The van der Waals surface area contributed by atoms with Crippen molar-refractivity contribution in [2.24, 2.45) is 5.92 Å². The topological polar surface area (TPSA) is 83.0 Å². The van der Waals surface area contributed by atoms with Crippen molar-refractivity contribution in [3.63, 3.8) is 0 Å². The van der Waals surface area contributed by atoms with Crippen LogP contribution in [0.5, 0.6) is 0 Å². The summed E-state index contributed by atoms with van der Waals surface area (Å²) in [4.78, 5) is 29.4. The maximum absolute atomic E-state index is 12.7. The van der Waals surface area contributed by atoms with Gasteiger partial charge in [-0.2, -0.15) is 0 Å². The Bertz CT molecular complexity index is 839. The van der Waals surface area contributed by atoms with E-state index in [0.29, 0.717) is 11.8 Å². The predicted octanol–water partition coefficient (Wildman–Crippen LogP) is 3.22. The van der Waals surface area contributed by atoms with Gasteiger partial charge >= 0.3 is 0 Å². The number of likely N-dealkylation sites (tertiary alicyclic amines) is 1. The molecular weight excluding hydrogens is 384 g/mol. The molecule has 2 aliphatic heterocycles. The summed E-state index contributed by atoms with van der Waals surface area (Å²) in [6.45, 7) is 6.66. The Labute approximate surface area is 176 Å². The van der Waals surface area contributed by atoms with Crippen LogP contribution in [0.3, 0.4) is 0 Å². The first-order chi connectivity index (χ1) is 14.1. The van der Waals surface area contributed by atoms with Gasteiger partial charge in [0, 0.05) is 35.9 Å². The van der Waals surface area contributed by atoms with Crippen LogP contribution in [0.15, 0.2) is 12.3 Å². The van der Waals surface area contributed by atoms with Gasteiger partial charge in [-0.15, -0.1) is 11.3 Å². The SMILES string of the molecule is Cc1nc(CC2CCN(C(=O)[C@@H]3CCCCN3)CC2)cc(Nc2ncc(C)s2)n1. The standard InChI is InChI=1S/C21H30N6OS/c1-14-13-23-21(29-14)26-19-12-17(24-15(2)25-19)11-16-6-9-27(10-7-16)20(28)18-5-3-4-8-22-18/h12-13,16,18,22H,3-11H2,1-2H3,(H,23,24,25,26)/t18-/m0/s1. The molecule has 2 aliphatic rings. The van der Waals surface area contributed by atoms with Crippen molar-refractivity contribution >= 4 is 28.2 Å². The van der Waals surface area contributed by atoms with Crippen LogP contribution in [0.1, 0.15) is 48.5 Å². The van der Waals surface area contributed by atoms with E-state index in [1.165, 1.54) is 11.3 Å². The second kappa shape index (κ2) is 9.17. The maximum atomic E-state index is 12.7. The molecule has 0 bridgehead atoms. The molecule has 1 atom stereocenters. The highest BCUT2D eigenvalue weighted by molar-refractivity contribution is 7.15. The molecule has 0 spiro atoms. The van der Waals surface area contributed by atoms with Crippen molar-refractivity contribution in [3.05, 3.63) is 28.7 Å². The van der Waals surface area contributed by atoms with E-state index < -0.39 is 0 Å². The van der Waals surface area contributed by atoms with Gasteiger partial charge in [0.05, 0.1) is 6.04 Å². The van der Waals surface area contributed by atoms with Crippen LogP contribution >= 0.6 is 11.3 Å². The molecule has 156 valence electrons. The number of hydrogen-bond donors (Lipinski definition) is 2. The summed E-state index contributed by atoms with van der Waals surface area (Å²) in [6.07, 6.45) is 8.19. The van der Waals surface area contributed by atoms with Crippen molar-refractivity contribution in [1.82, 2.24) is 25.2 Å². The lowest BCUT2D eigenvalue weighted by molar-refractivity contribution is -0.135. The molecule has 2 saturated heterocycles. The monoisotopic (exact) mass is 414 g/mol. The van der Waals surface area contributed by atoms with Crippen LogP contribution < -0.4 is 10.6 Å². The first-order valence-electron chi connectivity index (χ1n) is 10.6. The molecule has 0 unspecified atom stereocenters. The molecule has 0 saturated carbocycles. The molecule has 29 heavy (non-hydrogen) atoms. The number of nitrogens with zero attached hydrogens (tertiary/aromatic N) is 4. The van der Waals surface area contributed by atoms with Gasteiger partial charge in [-0.25, -0.2) is 15.0 Å². The molecule has 0 aliphatic carbocycles. The van der Waals surface area contributed by atoms with Gasteiger partial charge in [0.1, 0.15) is 11.6 Å². The average molecular weight is 415 g/mol. The van der Waals surface area contributed by atoms with Crippen molar-refractivity contribution in [1.29, 1.82) is 0 Å². The molecule has 2 aromatic rings. The number of hydrogen-bond acceptors (Lipinski definition) is 7. The molecule has 8 heteroatoms. The van der Waals surface area contributed by atoms with E-state index in [9.17, 15) is 4.79 Å². The number of amides is 1. The maximum Gasteiger partial charge on any atom is 0.239 e. The number of thiazole rings is 1. The summed E-state index contributed by atoms with van der Waals surface area (Å²) in [6, 6.07) is 2.07. The Morgan fingerprint density at radius 2 is 2.07 bits per heavy atom. The van der Waals surface area contributed by atoms with Crippen LogP contribution in [0.4, 0.5) is 10.9 Å². The molecule has 4 rings (SSSR count). The first kappa shape index (κ1) is 20.2. The van der Waals surface area contributed by atoms with Crippen LogP contribution in [-0.2, 0) is 11.2 Å². The summed E-state index contributed by atoms with van der Waals surface area (Å²) in [5.74, 6) is 2.43. The summed E-state index contributed by atoms with van der Waals surface area (Å²) in [7, 11) is 0. The molecule has 2 N–H and O–H groups in total. The normalized spacial score (nSPS) is 20.6. The van der Waals surface area contributed by atoms with E-state index in [-0.39, 0.29) is 6.04 Å². The fraction of sp³-hybridized carbons (Fsp3) is 0.619. The summed E-state index contributed by atoms with van der Waals surface area (Å²) < 4.78 is 0. The smallest absolute Gasteiger partial charge is 0.239 e. The Kier molecular flexibility index (Phi) is 6.40. The van der Waals surface area contributed by atoms with Crippen LogP contribution in [0.2, 0.25) is 0 Å². The lowest BCUT2D eigenvalue weighted by atomic mass is 9.91. The number of aromatic nitrogens is 3. The number of nitrogens with one attached hydrogen (secondary N) is 2. The van der Waals surface area contributed by atoms with E-state index >= 15 is 0 Å². The predicted molar refractivity (Wildman–Crippen MR) is 116 cm³/mol. The fourth-order valence-corrected chi connectivity index (χ4v) is 4.93. The van der Waals surface area contributed by atoms with E-state index in [1.807, 2.05) is 26.1 Å². The first-order valence-corrected chi connectivity index (χ1v) is 11.4. The molecule has 1 amide bonds. The lowest BCUT2D eigenvalue weighted by Gasteiger charge is -2.35. The largest absolute Gasteiger partial charge is 0.341 e. The Morgan fingerprint density at radius 1 is 1.24 bits per heavy atom. The third kappa shape index (κ3) is 5.30.